The molecule has 1 spiro atoms. The molecule has 13 heteroatoms. The van der Waals surface area contributed by atoms with Crippen molar-refractivity contribution in [3.05, 3.63) is 142 Å². The highest BCUT2D eigenvalue weighted by Crippen LogP contribution is 2.56. The van der Waals surface area contributed by atoms with E-state index in [0.717, 1.165) is 65.8 Å². The van der Waals surface area contributed by atoms with Gasteiger partial charge in [0.1, 0.15) is 17.0 Å². The number of hydrogen-bond donors (Lipinski definition) is 5. The summed E-state index contributed by atoms with van der Waals surface area (Å²) in [7, 11) is 1.56. The minimum atomic E-state index is -1.19. The van der Waals surface area contributed by atoms with Crippen LogP contribution in [0.2, 0.25) is 5.02 Å². The Labute approximate surface area is 385 Å². The number of rotatable bonds is 15. The second-order valence-electron chi connectivity index (χ2n) is 18.2. The Kier molecular flexibility index (Phi) is 13.6. The SMILES string of the molecule is CNC(=O)c1ccc(-c2cccc(CNC(=O)CNC(=O)c3ccc4c(c3)C3(CCC(Nc5cccc(Cl)c5)(C(=O)O)CC3)C(C[C@@H](C)COc3ccnc5c3[C@H](C)CCC5)C4)c2)cn1. The van der Waals surface area contributed by atoms with Crippen LogP contribution in [-0.4, -0.2) is 64.5 Å². The van der Waals surface area contributed by atoms with Gasteiger partial charge in [0, 0.05) is 59.1 Å². The van der Waals surface area contributed by atoms with Gasteiger partial charge in [-0.1, -0.05) is 61.8 Å². The zero-order chi connectivity index (χ0) is 45.7. The first-order valence-corrected chi connectivity index (χ1v) is 23.1. The lowest BCUT2D eigenvalue weighted by Gasteiger charge is -2.47. The van der Waals surface area contributed by atoms with Crippen molar-refractivity contribution < 1.29 is 29.0 Å². The number of fused-ring (bicyclic) bond motifs is 3. The highest BCUT2D eigenvalue weighted by molar-refractivity contribution is 6.30. The van der Waals surface area contributed by atoms with Crippen molar-refractivity contribution in [1.29, 1.82) is 0 Å². The van der Waals surface area contributed by atoms with E-state index < -0.39 is 11.5 Å². The number of anilines is 1. The molecule has 3 aliphatic rings. The Morgan fingerprint density at radius 1 is 0.908 bits per heavy atom. The Hall–Kier alpha value is -6.27. The zero-order valence-corrected chi connectivity index (χ0v) is 38.0. The monoisotopic (exact) mass is 896 g/mol. The summed E-state index contributed by atoms with van der Waals surface area (Å²) in [5.41, 5.74) is 7.11. The number of carboxylic acid groups (broad SMARTS) is 1. The Morgan fingerprint density at radius 3 is 2.48 bits per heavy atom. The molecule has 5 aromatic rings. The lowest BCUT2D eigenvalue weighted by atomic mass is 9.59. The number of carbonyl (C=O) groups is 4. The van der Waals surface area contributed by atoms with Crippen LogP contribution in [0.1, 0.15) is 114 Å². The average molecular weight is 898 g/mol. The summed E-state index contributed by atoms with van der Waals surface area (Å²) < 4.78 is 6.58. The van der Waals surface area contributed by atoms with E-state index in [2.05, 4.69) is 45.1 Å². The van der Waals surface area contributed by atoms with Gasteiger partial charge in [0.05, 0.1) is 13.2 Å². The highest BCUT2D eigenvalue weighted by Gasteiger charge is 2.54. The van der Waals surface area contributed by atoms with E-state index in [4.69, 9.17) is 16.3 Å². The van der Waals surface area contributed by atoms with Crippen molar-refractivity contribution >= 4 is 41.0 Å². The van der Waals surface area contributed by atoms with E-state index in [0.29, 0.717) is 60.2 Å². The Morgan fingerprint density at radius 2 is 1.72 bits per heavy atom. The Bertz CT molecular complexity index is 2570. The van der Waals surface area contributed by atoms with E-state index in [1.54, 1.807) is 31.4 Å². The number of aryl methyl sites for hydroxylation is 1. The topological polar surface area (TPSA) is 172 Å². The maximum atomic E-state index is 13.8. The quantitative estimate of drug-likeness (QED) is 0.0690. The summed E-state index contributed by atoms with van der Waals surface area (Å²) in [6, 6.07) is 26.2. The molecule has 12 nitrogen and oxygen atoms in total. The highest BCUT2D eigenvalue weighted by atomic mass is 35.5. The van der Waals surface area contributed by atoms with E-state index in [1.165, 1.54) is 11.1 Å². The van der Waals surface area contributed by atoms with Gasteiger partial charge in [-0.3, -0.25) is 24.4 Å². The van der Waals surface area contributed by atoms with E-state index in [-0.39, 0.29) is 48.1 Å². The number of carbonyl (C=O) groups excluding carboxylic acids is 3. The molecule has 0 aliphatic heterocycles. The number of nitrogens with zero attached hydrogens (tertiary/aromatic N) is 2. The van der Waals surface area contributed by atoms with Crippen molar-refractivity contribution in [1.82, 2.24) is 25.9 Å². The molecule has 3 amide bonds. The first-order valence-electron chi connectivity index (χ1n) is 22.7. The number of ether oxygens (including phenoxy) is 1. The second-order valence-corrected chi connectivity index (χ2v) is 18.7. The van der Waals surface area contributed by atoms with Crippen LogP contribution in [0.25, 0.3) is 11.1 Å². The van der Waals surface area contributed by atoms with Gasteiger partial charge < -0.3 is 31.1 Å². The van der Waals surface area contributed by atoms with E-state index in [1.807, 2.05) is 72.9 Å². The summed E-state index contributed by atoms with van der Waals surface area (Å²) in [5, 5.41) is 22.9. The molecule has 65 heavy (non-hydrogen) atoms. The smallest absolute Gasteiger partial charge is 0.329 e. The van der Waals surface area contributed by atoms with Crippen LogP contribution in [0.3, 0.4) is 0 Å². The third-order valence-corrected chi connectivity index (χ3v) is 14.2. The van der Waals surface area contributed by atoms with Gasteiger partial charge >= 0.3 is 5.97 Å². The number of amides is 3. The maximum absolute atomic E-state index is 13.8. The minimum Gasteiger partial charge on any atom is -0.493 e. The molecule has 1 saturated carbocycles. The molecule has 2 aromatic heterocycles. The molecular formula is C52H57ClN6O6. The second kappa shape index (κ2) is 19.5. The van der Waals surface area contributed by atoms with Gasteiger partial charge in [-0.05, 0) is 152 Å². The number of halogens is 1. The molecule has 3 aliphatic carbocycles. The fraction of sp³-hybridized carbons (Fsp3) is 0.385. The van der Waals surface area contributed by atoms with Crippen LogP contribution < -0.4 is 26.0 Å². The number of nitrogens with one attached hydrogen (secondary N) is 4. The molecule has 3 atom stereocenters. The predicted octanol–water partition coefficient (Wildman–Crippen LogP) is 8.67. The van der Waals surface area contributed by atoms with Gasteiger partial charge in [-0.15, -0.1) is 0 Å². The molecule has 0 saturated heterocycles. The summed E-state index contributed by atoms with van der Waals surface area (Å²) in [4.78, 5) is 60.8. The summed E-state index contributed by atoms with van der Waals surface area (Å²) in [6.45, 7) is 5.08. The molecule has 0 bridgehead atoms. The predicted molar refractivity (Wildman–Crippen MR) is 251 cm³/mol. The van der Waals surface area contributed by atoms with Crippen LogP contribution in [0.4, 0.5) is 5.69 Å². The number of aliphatic carboxylic acids is 1. The van der Waals surface area contributed by atoms with Crippen molar-refractivity contribution in [3.8, 4) is 16.9 Å². The maximum Gasteiger partial charge on any atom is 0.329 e. The average Bonchev–Trinajstić information content (AvgIpc) is 3.60. The van der Waals surface area contributed by atoms with Crippen LogP contribution >= 0.6 is 11.6 Å². The standard InChI is InChI=1S/C52H57ClN6O6/c1-32(31-65-45-17-22-55-43-12-4-7-33(2)47(43)45)23-39-25-36-13-14-37(26-42(36)51(39)18-20-52(21-19-51,50(63)64)59-41-11-6-10-40(53)27-41)48(61)58-30-46(60)57-28-34-8-5-9-35(24-34)38-15-16-44(56-29-38)49(62)54-3/h5-6,8-11,13-17,22,24,26-27,29,32-33,39,59H,4,7,12,18-21,23,25,28,30-31H2,1-3H3,(H,54,62)(H,57,60)(H,58,61)(H,63,64)/t32-,33-,39?,51?,52?/m1/s1. The lowest BCUT2D eigenvalue weighted by molar-refractivity contribution is -0.144. The van der Waals surface area contributed by atoms with E-state index >= 15 is 0 Å². The largest absolute Gasteiger partial charge is 0.493 e. The fourth-order valence-electron chi connectivity index (χ4n) is 10.5. The molecular weight excluding hydrogens is 840 g/mol. The van der Waals surface area contributed by atoms with Crippen molar-refractivity contribution in [2.45, 2.75) is 95.1 Å². The summed E-state index contributed by atoms with van der Waals surface area (Å²) in [5.74, 6) is -0.127. The minimum absolute atomic E-state index is 0.195. The third kappa shape index (κ3) is 9.88. The first-order chi connectivity index (χ1) is 31.4. The molecule has 5 N–H and O–H groups in total. The number of carboxylic acids is 1. The molecule has 1 unspecified atom stereocenters. The molecule has 2 heterocycles. The Balaban J connectivity index is 0.955. The number of pyridine rings is 2. The zero-order valence-electron chi connectivity index (χ0n) is 37.2. The van der Waals surface area contributed by atoms with Crippen molar-refractivity contribution in [3.63, 3.8) is 0 Å². The van der Waals surface area contributed by atoms with Gasteiger partial charge in [0.2, 0.25) is 5.91 Å². The number of hydrogen-bond acceptors (Lipinski definition) is 8. The summed E-state index contributed by atoms with van der Waals surface area (Å²) in [6.07, 6.45) is 10.4. The van der Waals surface area contributed by atoms with Crippen LogP contribution in [0.5, 0.6) is 5.75 Å². The van der Waals surface area contributed by atoms with Gasteiger partial charge in [0.15, 0.2) is 0 Å². The molecule has 0 radical (unpaired) electrons. The number of aromatic nitrogens is 2. The van der Waals surface area contributed by atoms with Crippen LogP contribution in [0.15, 0.2) is 97.3 Å². The van der Waals surface area contributed by atoms with Crippen LogP contribution in [0, 0.1) is 11.8 Å². The normalized spacial score (nSPS) is 21.4. The fourth-order valence-corrected chi connectivity index (χ4v) is 10.6. The molecule has 338 valence electrons. The van der Waals surface area contributed by atoms with Crippen LogP contribution in [-0.2, 0) is 34.4 Å². The number of benzene rings is 3. The van der Waals surface area contributed by atoms with Gasteiger partial charge in [0.25, 0.3) is 11.8 Å². The molecule has 3 aromatic carbocycles. The van der Waals surface area contributed by atoms with Crippen molar-refractivity contribution in [2.75, 3.05) is 25.5 Å². The molecule has 1 fully saturated rings. The lowest BCUT2D eigenvalue weighted by Crippen LogP contribution is -2.53. The summed E-state index contributed by atoms with van der Waals surface area (Å²) >= 11 is 6.31. The van der Waals surface area contributed by atoms with Crippen molar-refractivity contribution in [2.24, 2.45) is 11.8 Å². The van der Waals surface area contributed by atoms with Gasteiger partial charge in [-0.25, -0.2) is 4.79 Å². The molecule has 8 rings (SSSR count). The first kappa shape index (κ1) is 45.3. The van der Waals surface area contributed by atoms with Gasteiger partial charge in [-0.2, -0.15) is 0 Å². The van der Waals surface area contributed by atoms with E-state index in [9.17, 15) is 24.3 Å². The third-order valence-electron chi connectivity index (χ3n) is 13.9.